The first-order chi connectivity index (χ1) is 13.5. The Morgan fingerprint density at radius 1 is 1.03 bits per heavy atom. The SMILES string of the molecule is CN=C(NCc1ccc(C(F)(F)F)cc1)NCc1ccnc(-n2cccn2)c1.I. The molecule has 2 aromatic heterocycles. The molecule has 0 aliphatic rings. The van der Waals surface area contributed by atoms with E-state index in [1.807, 2.05) is 24.4 Å². The molecular weight excluding hydrogens is 496 g/mol. The van der Waals surface area contributed by atoms with Gasteiger partial charge < -0.3 is 10.6 Å². The Balaban J connectivity index is 0.00000300. The van der Waals surface area contributed by atoms with Gasteiger partial charge in [0, 0.05) is 38.7 Å². The Kier molecular flexibility index (Phi) is 8.00. The average Bonchev–Trinajstić information content (AvgIpc) is 3.23. The van der Waals surface area contributed by atoms with Crippen molar-refractivity contribution in [2.45, 2.75) is 19.3 Å². The molecule has 0 aliphatic heterocycles. The summed E-state index contributed by atoms with van der Waals surface area (Å²) in [6.45, 7) is 0.857. The van der Waals surface area contributed by atoms with E-state index in [4.69, 9.17) is 0 Å². The quantitative estimate of drug-likeness (QED) is 0.308. The molecular formula is C19H20F3IN6. The molecule has 0 amide bonds. The summed E-state index contributed by atoms with van der Waals surface area (Å²) in [4.78, 5) is 8.40. The fourth-order valence-corrected chi connectivity index (χ4v) is 2.50. The highest BCUT2D eigenvalue weighted by atomic mass is 127. The monoisotopic (exact) mass is 516 g/mol. The van der Waals surface area contributed by atoms with Crippen molar-refractivity contribution in [2.75, 3.05) is 7.05 Å². The third-order valence-corrected chi connectivity index (χ3v) is 3.97. The maximum Gasteiger partial charge on any atom is 0.416 e. The molecule has 0 saturated heterocycles. The molecule has 0 atom stereocenters. The third kappa shape index (κ3) is 6.44. The van der Waals surface area contributed by atoms with Gasteiger partial charge in [0.15, 0.2) is 11.8 Å². The van der Waals surface area contributed by atoms with Gasteiger partial charge in [-0.25, -0.2) is 9.67 Å². The van der Waals surface area contributed by atoms with Crippen LogP contribution >= 0.6 is 24.0 Å². The van der Waals surface area contributed by atoms with E-state index < -0.39 is 11.7 Å². The van der Waals surface area contributed by atoms with E-state index in [2.05, 4.69) is 25.7 Å². The predicted octanol–water partition coefficient (Wildman–Crippen LogP) is 3.77. The highest BCUT2D eigenvalue weighted by Gasteiger charge is 2.29. The second kappa shape index (κ2) is 10.2. The molecule has 0 saturated carbocycles. The van der Waals surface area contributed by atoms with Gasteiger partial charge in [0.2, 0.25) is 0 Å². The summed E-state index contributed by atoms with van der Waals surface area (Å²) in [6, 6.07) is 10.6. The van der Waals surface area contributed by atoms with Crippen molar-refractivity contribution in [3.05, 3.63) is 77.7 Å². The summed E-state index contributed by atoms with van der Waals surface area (Å²) >= 11 is 0. The summed E-state index contributed by atoms with van der Waals surface area (Å²) in [5, 5.41) is 10.4. The van der Waals surface area contributed by atoms with Gasteiger partial charge in [0.05, 0.1) is 5.56 Å². The fraction of sp³-hybridized carbons (Fsp3) is 0.211. The molecule has 0 unspecified atom stereocenters. The minimum absolute atomic E-state index is 0. The van der Waals surface area contributed by atoms with Crippen LogP contribution in [0, 0.1) is 0 Å². The Morgan fingerprint density at radius 2 is 1.72 bits per heavy atom. The molecule has 1 aromatic carbocycles. The van der Waals surface area contributed by atoms with Crippen molar-refractivity contribution in [3.63, 3.8) is 0 Å². The van der Waals surface area contributed by atoms with E-state index in [9.17, 15) is 13.2 Å². The van der Waals surface area contributed by atoms with Crippen molar-refractivity contribution < 1.29 is 13.2 Å². The van der Waals surface area contributed by atoms with Crippen LogP contribution in [0.1, 0.15) is 16.7 Å². The van der Waals surface area contributed by atoms with E-state index in [-0.39, 0.29) is 24.0 Å². The van der Waals surface area contributed by atoms with Crippen LogP contribution in [0.2, 0.25) is 0 Å². The number of aromatic nitrogens is 3. The molecule has 29 heavy (non-hydrogen) atoms. The van der Waals surface area contributed by atoms with Gasteiger partial charge in [-0.05, 0) is 41.5 Å². The van der Waals surface area contributed by atoms with Gasteiger partial charge in [-0.1, -0.05) is 12.1 Å². The molecule has 0 aliphatic carbocycles. The van der Waals surface area contributed by atoms with Gasteiger partial charge in [-0.15, -0.1) is 24.0 Å². The second-order valence-electron chi connectivity index (χ2n) is 5.95. The zero-order valence-corrected chi connectivity index (χ0v) is 17.8. The van der Waals surface area contributed by atoms with E-state index in [1.54, 1.807) is 24.1 Å². The topological polar surface area (TPSA) is 67.1 Å². The van der Waals surface area contributed by atoms with Crippen molar-refractivity contribution >= 4 is 29.9 Å². The fourth-order valence-electron chi connectivity index (χ4n) is 2.50. The van der Waals surface area contributed by atoms with E-state index in [0.29, 0.717) is 24.9 Å². The zero-order chi connectivity index (χ0) is 20.0. The lowest BCUT2D eigenvalue weighted by molar-refractivity contribution is -0.137. The van der Waals surface area contributed by atoms with E-state index in [1.165, 1.54) is 12.1 Å². The molecule has 3 rings (SSSR count). The third-order valence-electron chi connectivity index (χ3n) is 3.97. The number of nitrogens with one attached hydrogen (secondary N) is 2. The maximum atomic E-state index is 12.6. The molecule has 6 nitrogen and oxygen atoms in total. The largest absolute Gasteiger partial charge is 0.416 e. The minimum Gasteiger partial charge on any atom is -0.352 e. The van der Waals surface area contributed by atoms with Gasteiger partial charge in [0.1, 0.15) is 0 Å². The molecule has 2 N–H and O–H groups in total. The van der Waals surface area contributed by atoms with Crippen LogP contribution in [0.3, 0.4) is 0 Å². The molecule has 154 valence electrons. The molecule has 0 bridgehead atoms. The lowest BCUT2D eigenvalue weighted by Gasteiger charge is -2.13. The van der Waals surface area contributed by atoms with Gasteiger partial charge in [-0.3, -0.25) is 4.99 Å². The number of benzene rings is 1. The first-order valence-electron chi connectivity index (χ1n) is 8.51. The highest BCUT2D eigenvalue weighted by Crippen LogP contribution is 2.29. The number of pyridine rings is 1. The van der Waals surface area contributed by atoms with Gasteiger partial charge in [-0.2, -0.15) is 18.3 Å². The van der Waals surface area contributed by atoms with Crippen LogP contribution in [0.4, 0.5) is 13.2 Å². The Bertz CT molecular complexity index is 924. The molecule has 0 radical (unpaired) electrons. The smallest absolute Gasteiger partial charge is 0.352 e. The number of guanidine groups is 1. The minimum atomic E-state index is -4.33. The summed E-state index contributed by atoms with van der Waals surface area (Å²) in [5.41, 5.74) is 1.04. The number of nitrogens with zero attached hydrogens (tertiary/aromatic N) is 4. The van der Waals surface area contributed by atoms with Crippen molar-refractivity contribution in [2.24, 2.45) is 4.99 Å². The molecule has 0 spiro atoms. The lowest BCUT2D eigenvalue weighted by atomic mass is 10.1. The van der Waals surface area contributed by atoms with Crippen LogP contribution in [0.15, 0.2) is 66.0 Å². The van der Waals surface area contributed by atoms with Crippen molar-refractivity contribution in [1.82, 2.24) is 25.4 Å². The molecule has 3 aromatic rings. The Hall–Kier alpha value is -2.63. The van der Waals surface area contributed by atoms with Crippen LogP contribution in [0.5, 0.6) is 0 Å². The van der Waals surface area contributed by atoms with Crippen LogP contribution in [0.25, 0.3) is 5.82 Å². The summed E-state index contributed by atoms with van der Waals surface area (Å²) in [6.07, 6.45) is 0.860. The second-order valence-corrected chi connectivity index (χ2v) is 5.95. The summed E-state index contributed by atoms with van der Waals surface area (Å²) < 4.78 is 39.5. The van der Waals surface area contributed by atoms with Gasteiger partial charge in [0.25, 0.3) is 0 Å². The Labute approximate surface area is 183 Å². The van der Waals surface area contributed by atoms with E-state index in [0.717, 1.165) is 23.3 Å². The van der Waals surface area contributed by atoms with E-state index >= 15 is 0 Å². The molecule has 0 fully saturated rings. The number of alkyl halides is 3. The lowest BCUT2D eigenvalue weighted by Crippen LogP contribution is -2.36. The standard InChI is InChI=1S/C19H19F3N6.HI/c1-23-18(25-12-14-3-5-16(6-4-14)19(20,21)22)26-13-15-7-9-24-17(11-15)28-10-2-8-27-28;/h2-11H,12-13H2,1H3,(H2,23,25,26);1H. The average molecular weight is 516 g/mol. The molecule has 2 heterocycles. The van der Waals surface area contributed by atoms with Gasteiger partial charge >= 0.3 is 6.18 Å². The maximum absolute atomic E-state index is 12.6. The molecule has 10 heteroatoms. The van der Waals surface area contributed by atoms with Crippen LogP contribution in [-0.2, 0) is 19.3 Å². The summed E-state index contributed by atoms with van der Waals surface area (Å²) in [7, 11) is 1.63. The number of aliphatic imine (C=N–C) groups is 1. The Morgan fingerprint density at radius 3 is 2.31 bits per heavy atom. The number of rotatable bonds is 5. The normalized spacial score (nSPS) is 11.7. The van der Waals surface area contributed by atoms with Crippen molar-refractivity contribution in [3.8, 4) is 5.82 Å². The van der Waals surface area contributed by atoms with Crippen LogP contribution < -0.4 is 10.6 Å². The number of halogens is 4. The predicted molar refractivity (Wildman–Crippen MR) is 115 cm³/mol. The number of hydrogen-bond acceptors (Lipinski definition) is 3. The number of hydrogen-bond donors (Lipinski definition) is 2. The van der Waals surface area contributed by atoms with Crippen molar-refractivity contribution in [1.29, 1.82) is 0 Å². The first kappa shape index (κ1) is 22.7. The summed E-state index contributed by atoms with van der Waals surface area (Å²) in [5.74, 6) is 1.24. The highest BCUT2D eigenvalue weighted by molar-refractivity contribution is 14.0. The zero-order valence-electron chi connectivity index (χ0n) is 15.5. The first-order valence-corrected chi connectivity index (χ1v) is 8.51. The van der Waals surface area contributed by atoms with Crippen LogP contribution in [-0.4, -0.2) is 27.8 Å².